The Hall–Kier alpha value is -7.58. The van der Waals surface area contributed by atoms with Gasteiger partial charge in [0.2, 0.25) is 11.9 Å². The number of imidazole rings is 1. The van der Waals surface area contributed by atoms with E-state index in [1.807, 2.05) is 6.92 Å². The van der Waals surface area contributed by atoms with Crippen molar-refractivity contribution in [3.8, 4) is 11.5 Å². The van der Waals surface area contributed by atoms with E-state index in [-0.39, 0.29) is 55.7 Å². The van der Waals surface area contributed by atoms with E-state index < -0.39 is 34.1 Å². The third-order valence-electron chi connectivity index (χ3n) is 8.43. The van der Waals surface area contributed by atoms with Gasteiger partial charge in [-0.2, -0.15) is 20.1 Å². The van der Waals surface area contributed by atoms with Gasteiger partial charge >= 0.3 is 6.09 Å². The highest BCUT2D eigenvalue weighted by atomic mass is 16.6. The molecule has 316 valence electrons. The van der Waals surface area contributed by atoms with E-state index in [0.717, 1.165) is 6.07 Å². The highest BCUT2D eigenvalue weighted by molar-refractivity contribution is 6.03. The Balaban J connectivity index is 1.30. The summed E-state index contributed by atoms with van der Waals surface area (Å²) < 4.78 is 20.0. The zero-order valence-electron chi connectivity index (χ0n) is 33.9. The summed E-state index contributed by atoms with van der Waals surface area (Å²) in [6.07, 6.45) is 8.38. The molecule has 0 aliphatic heterocycles. The Kier molecular flexibility index (Phi) is 14.0. The van der Waals surface area contributed by atoms with Gasteiger partial charge in [0.25, 0.3) is 11.6 Å². The van der Waals surface area contributed by atoms with Gasteiger partial charge in [0.05, 0.1) is 42.5 Å². The predicted octanol–water partition coefficient (Wildman–Crippen LogP) is 4.56. The molecule has 5 N–H and O–H groups in total. The van der Waals surface area contributed by atoms with Gasteiger partial charge in [0.15, 0.2) is 11.4 Å². The second-order valence-electron chi connectivity index (χ2n) is 14.1. The zero-order chi connectivity index (χ0) is 43.6. The number of carbonyl (C=O) groups excluding carboxylic acids is 4. The second kappa shape index (κ2) is 19.2. The maximum Gasteiger partial charge on any atom is 0.407 e. The average molecular weight is 827 g/mol. The molecule has 5 rings (SSSR count). The average Bonchev–Trinajstić information content (AvgIpc) is 3.92. The number of methoxy groups -OCH3 is 1. The van der Waals surface area contributed by atoms with Crippen LogP contribution in [0.4, 0.5) is 22.1 Å². The molecule has 3 aromatic heterocycles. The van der Waals surface area contributed by atoms with Crippen LogP contribution in [0.25, 0.3) is 11.0 Å². The minimum atomic E-state index is -0.882. The van der Waals surface area contributed by atoms with E-state index in [2.05, 4.69) is 36.2 Å². The number of aldehydes is 1. The molecule has 0 saturated carbocycles. The lowest BCUT2D eigenvalue weighted by molar-refractivity contribution is -0.384. The molecule has 0 aliphatic carbocycles. The Labute approximate surface area is 343 Å². The molecular weight excluding hydrogens is 781 g/mol. The largest absolute Gasteiger partial charge is 0.494 e. The van der Waals surface area contributed by atoms with Gasteiger partial charge in [0.1, 0.15) is 41.1 Å². The van der Waals surface area contributed by atoms with Crippen LogP contribution in [0.1, 0.15) is 70.3 Å². The number of nitrogens with zero attached hydrogens (tertiary/aromatic N) is 8. The molecule has 0 spiro atoms. The molecule has 0 saturated heterocycles. The Morgan fingerprint density at radius 3 is 2.47 bits per heavy atom. The molecule has 0 unspecified atom stereocenters. The van der Waals surface area contributed by atoms with Gasteiger partial charge in [0, 0.05) is 36.8 Å². The molecule has 21 nitrogen and oxygen atoms in total. The zero-order valence-corrected chi connectivity index (χ0v) is 33.9. The number of fused-ring (bicyclic) bond motifs is 1. The SMILES string of the molecule is CCn1nc(C)cc1C(=O)Nc1nc2cc(C=O)cc(OC)c2n1C/C=C/CNc1c(OC/C=C/Cn2ncc(CNC(=O)OC(C)(C)C)n2)cc(C(N)=O)cc1[N+](=O)[O-]. The number of amides is 3. The molecule has 0 fully saturated rings. The van der Waals surface area contributed by atoms with Crippen molar-refractivity contribution < 1.29 is 38.3 Å². The van der Waals surface area contributed by atoms with E-state index in [1.54, 1.807) is 79.4 Å². The van der Waals surface area contributed by atoms with Crippen LogP contribution >= 0.6 is 0 Å². The number of hydrogen-bond donors (Lipinski definition) is 4. The number of rotatable bonds is 19. The molecule has 0 aliphatic rings. The molecular formula is C39H46N12O9. The Morgan fingerprint density at radius 2 is 1.78 bits per heavy atom. The Bertz CT molecular complexity index is 2460. The normalized spacial score (nSPS) is 11.6. The van der Waals surface area contributed by atoms with Crippen molar-refractivity contribution in [2.24, 2.45) is 5.73 Å². The van der Waals surface area contributed by atoms with Crippen LogP contribution in [-0.2, 0) is 30.9 Å². The third-order valence-corrected chi connectivity index (χ3v) is 8.43. The van der Waals surface area contributed by atoms with Crippen molar-refractivity contribution in [1.82, 2.24) is 39.6 Å². The number of allylic oxidation sites excluding steroid dienone is 2. The van der Waals surface area contributed by atoms with Crippen LogP contribution in [0.5, 0.6) is 11.5 Å². The number of nitro benzene ring substituents is 1. The van der Waals surface area contributed by atoms with Gasteiger partial charge in [-0.3, -0.25) is 34.5 Å². The molecule has 3 amide bonds. The van der Waals surface area contributed by atoms with Crippen molar-refractivity contribution in [2.45, 2.75) is 66.4 Å². The molecule has 60 heavy (non-hydrogen) atoms. The van der Waals surface area contributed by atoms with Crippen LogP contribution < -0.4 is 31.2 Å². The fourth-order valence-electron chi connectivity index (χ4n) is 5.84. The first-order chi connectivity index (χ1) is 28.6. The lowest BCUT2D eigenvalue weighted by atomic mass is 10.1. The minimum absolute atomic E-state index is 0.00541. The van der Waals surface area contributed by atoms with Crippen molar-refractivity contribution in [2.75, 3.05) is 30.9 Å². The van der Waals surface area contributed by atoms with Crippen molar-refractivity contribution in [1.29, 1.82) is 0 Å². The summed E-state index contributed by atoms with van der Waals surface area (Å²) in [5.41, 5.74) is 7.05. The number of hydrogen-bond acceptors (Lipinski definition) is 14. The lowest BCUT2D eigenvalue weighted by Crippen LogP contribution is -2.32. The molecule has 2 aromatic carbocycles. The van der Waals surface area contributed by atoms with Crippen molar-refractivity contribution in [3.05, 3.63) is 99.2 Å². The second-order valence-corrected chi connectivity index (χ2v) is 14.1. The van der Waals surface area contributed by atoms with Gasteiger partial charge in [-0.25, -0.2) is 9.78 Å². The number of nitro groups is 1. The highest BCUT2D eigenvalue weighted by Gasteiger charge is 2.23. The topological polar surface area (TPSA) is 268 Å². The number of aryl methyl sites for hydroxylation is 2. The van der Waals surface area contributed by atoms with Crippen molar-refractivity contribution >= 4 is 52.6 Å². The summed E-state index contributed by atoms with van der Waals surface area (Å²) in [7, 11) is 1.45. The number of primary amides is 1. The molecule has 0 radical (unpaired) electrons. The number of benzene rings is 2. The summed E-state index contributed by atoms with van der Waals surface area (Å²) in [6, 6.07) is 7.18. The number of aromatic nitrogens is 7. The third kappa shape index (κ3) is 11.1. The number of nitrogens with two attached hydrogens (primary N) is 1. The Morgan fingerprint density at radius 1 is 1.02 bits per heavy atom. The number of alkyl carbamates (subject to hydrolysis) is 1. The van der Waals surface area contributed by atoms with Gasteiger partial charge in [-0.05, 0) is 65.0 Å². The van der Waals surface area contributed by atoms with Gasteiger partial charge < -0.3 is 35.1 Å². The minimum Gasteiger partial charge on any atom is -0.494 e. The predicted molar refractivity (Wildman–Crippen MR) is 219 cm³/mol. The molecule has 5 aromatic rings. The van der Waals surface area contributed by atoms with E-state index >= 15 is 0 Å². The molecule has 0 bridgehead atoms. The van der Waals surface area contributed by atoms with E-state index in [0.29, 0.717) is 52.3 Å². The summed E-state index contributed by atoms with van der Waals surface area (Å²) in [5, 5.41) is 33.5. The summed E-state index contributed by atoms with van der Waals surface area (Å²) in [5.74, 6) is -0.794. The molecule has 0 atom stereocenters. The first kappa shape index (κ1) is 43.5. The smallest absolute Gasteiger partial charge is 0.407 e. The maximum atomic E-state index is 13.4. The van der Waals surface area contributed by atoms with Gasteiger partial charge in [-0.1, -0.05) is 18.2 Å². The van der Waals surface area contributed by atoms with Crippen molar-refractivity contribution in [3.63, 3.8) is 0 Å². The van der Waals surface area contributed by atoms with Crippen LogP contribution in [0.3, 0.4) is 0 Å². The number of nitrogens with one attached hydrogen (secondary N) is 3. The maximum absolute atomic E-state index is 13.4. The monoisotopic (exact) mass is 826 g/mol. The van der Waals surface area contributed by atoms with E-state index in [4.69, 9.17) is 19.9 Å². The van der Waals surface area contributed by atoms with Crippen LogP contribution in [0.15, 0.2) is 60.8 Å². The summed E-state index contributed by atoms with van der Waals surface area (Å²) in [6.45, 7) is 9.93. The summed E-state index contributed by atoms with van der Waals surface area (Å²) >= 11 is 0. The number of ether oxygens (including phenoxy) is 3. The van der Waals surface area contributed by atoms with E-state index in [9.17, 15) is 29.3 Å². The standard InChI is InChI=1S/C39H46N12O9/c1-7-49-30(16-24(2)46-49)36(54)45-37-44-28-17-25(23-52)18-32(58-6)34(28)48(37)13-9-8-12-41-33-29(51(56)57)19-26(35(40)53)20-31(33)59-15-11-10-14-50-43-22-27(47-50)21-42-38(55)60-39(3,4)5/h8-11,16-20,22-23,41H,7,12-15,21H2,1-6H3,(H2,40,53)(H,42,55)(H,44,45,54)/b9-8+,11-10+. The molecule has 3 heterocycles. The van der Waals surface area contributed by atoms with Gasteiger partial charge in [-0.15, -0.1) is 0 Å². The first-order valence-corrected chi connectivity index (χ1v) is 18.6. The molecule has 21 heteroatoms. The van der Waals surface area contributed by atoms with Crippen LogP contribution in [0.2, 0.25) is 0 Å². The first-order valence-electron chi connectivity index (χ1n) is 18.6. The van der Waals surface area contributed by atoms with Crippen LogP contribution in [-0.4, -0.2) is 89.3 Å². The highest BCUT2D eigenvalue weighted by Crippen LogP contribution is 2.36. The summed E-state index contributed by atoms with van der Waals surface area (Å²) in [4.78, 5) is 66.6. The quantitative estimate of drug-likeness (QED) is 0.0385. The lowest BCUT2D eigenvalue weighted by Gasteiger charge is -2.19. The fourth-order valence-corrected chi connectivity index (χ4v) is 5.84. The van der Waals surface area contributed by atoms with E-state index in [1.165, 1.54) is 24.2 Å². The number of carbonyl (C=O) groups is 4. The van der Waals surface area contributed by atoms with Crippen LogP contribution in [0, 0.1) is 17.0 Å². The fraction of sp³-hybridized carbons (Fsp3) is 0.333. The number of anilines is 2.